The van der Waals surface area contributed by atoms with Gasteiger partial charge >= 0.3 is 0 Å². The molecule has 3 aromatic rings. The molecule has 0 spiro atoms. The number of aryl methyl sites for hydroxylation is 1. The van der Waals surface area contributed by atoms with Crippen LogP contribution in [0.1, 0.15) is 5.69 Å². The quantitative estimate of drug-likeness (QED) is 0.727. The molecule has 5 heteroatoms. The first-order valence-electron chi connectivity index (χ1n) is 5.91. The van der Waals surface area contributed by atoms with Crippen LogP contribution < -0.4 is 4.74 Å². The average molecular weight is 271 g/mol. The van der Waals surface area contributed by atoms with E-state index in [1.807, 2.05) is 43.3 Å². The summed E-state index contributed by atoms with van der Waals surface area (Å²) in [6, 6.07) is 11.7. The fourth-order valence-corrected chi connectivity index (χ4v) is 2.36. The van der Waals surface area contributed by atoms with Crippen molar-refractivity contribution in [3.8, 4) is 17.0 Å². The lowest BCUT2D eigenvalue weighted by Crippen LogP contribution is -1.93. The summed E-state index contributed by atoms with van der Waals surface area (Å²) in [4.78, 5) is 4.46. The van der Waals surface area contributed by atoms with Crippen LogP contribution in [-0.2, 0) is 0 Å². The number of aromatic nitrogens is 3. The monoisotopic (exact) mass is 271 g/mol. The highest BCUT2D eigenvalue weighted by atomic mass is 32.1. The zero-order valence-electron chi connectivity index (χ0n) is 10.7. The van der Waals surface area contributed by atoms with Gasteiger partial charge in [-0.1, -0.05) is 24.4 Å². The number of hydrogen-bond acceptors (Lipinski definition) is 3. The van der Waals surface area contributed by atoms with E-state index in [-0.39, 0.29) is 0 Å². The molecule has 0 atom stereocenters. The number of aromatic amines is 1. The lowest BCUT2D eigenvalue weighted by molar-refractivity contribution is 0.415. The van der Waals surface area contributed by atoms with E-state index in [4.69, 9.17) is 17.0 Å². The second kappa shape index (κ2) is 4.51. The van der Waals surface area contributed by atoms with Gasteiger partial charge in [0.2, 0.25) is 0 Å². The van der Waals surface area contributed by atoms with Crippen LogP contribution in [0.4, 0.5) is 0 Å². The first-order valence-corrected chi connectivity index (χ1v) is 6.32. The van der Waals surface area contributed by atoms with Crippen molar-refractivity contribution in [1.29, 1.82) is 0 Å². The number of ether oxygens (including phenoxy) is 1. The maximum Gasteiger partial charge on any atom is 0.155 e. The van der Waals surface area contributed by atoms with Gasteiger partial charge in [-0.15, -0.1) is 0 Å². The molecule has 0 aliphatic carbocycles. The van der Waals surface area contributed by atoms with Crippen molar-refractivity contribution in [2.45, 2.75) is 6.92 Å². The minimum absolute atomic E-state index is 0.719. The summed E-state index contributed by atoms with van der Waals surface area (Å²) in [5.41, 5.74) is 3.74. The first kappa shape index (κ1) is 11.9. The summed E-state index contributed by atoms with van der Waals surface area (Å²) >= 11 is 5.32. The Morgan fingerprint density at radius 3 is 2.89 bits per heavy atom. The zero-order valence-corrected chi connectivity index (χ0v) is 11.5. The summed E-state index contributed by atoms with van der Waals surface area (Å²) in [5, 5.41) is 3.25. The molecule has 2 aromatic heterocycles. The molecule has 0 amide bonds. The third-order valence-electron chi connectivity index (χ3n) is 2.96. The zero-order chi connectivity index (χ0) is 13.4. The molecule has 0 aliphatic heterocycles. The molecule has 1 N–H and O–H groups in total. The molecule has 3 rings (SSSR count). The number of rotatable bonds is 2. The van der Waals surface area contributed by atoms with E-state index >= 15 is 0 Å². The number of nitrogens with one attached hydrogen (secondary N) is 1. The highest BCUT2D eigenvalue weighted by Gasteiger charge is 2.06. The Labute approximate surface area is 115 Å². The Morgan fingerprint density at radius 1 is 1.26 bits per heavy atom. The van der Waals surface area contributed by atoms with Crippen molar-refractivity contribution in [2.24, 2.45) is 0 Å². The van der Waals surface area contributed by atoms with Crippen LogP contribution in [0.2, 0.25) is 0 Å². The predicted octanol–water partition coefficient (Wildman–Crippen LogP) is 3.38. The molecule has 19 heavy (non-hydrogen) atoms. The highest BCUT2D eigenvalue weighted by molar-refractivity contribution is 7.71. The van der Waals surface area contributed by atoms with Crippen LogP contribution in [0, 0.1) is 11.6 Å². The van der Waals surface area contributed by atoms with Crippen LogP contribution >= 0.6 is 12.2 Å². The topological polar surface area (TPSA) is 42.3 Å². The predicted molar refractivity (Wildman–Crippen MR) is 77.1 cm³/mol. The van der Waals surface area contributed by atoms with Gasteiger partial charge in [-0.2, -0.15) is 0 Å². The molecule has 0 unspecified atom stereocenters. The van der Waals surface area contributed by atoms with Crippen LogP contribution in [0.15, 0.2) is 36.4 Å². The fraction of sp³-hybridized carbons (Fsp3) is 0.143. The van der Waals surface area contributed by atoms with Crippen LogP contribution in [0.25, 0.3) is 16.9 Å². The van der Waals surface area contributed by atoms with Gasteiger partial charge in [-0.05, 0) is 25.1 Å². The highest BCUT2D eigenvalue weighted by Crippen LogP contribution is 2.23. The largest absolute Gasteiger partial charge is 0.497 e. The summed E-state index contributed by atoms with van der Waals surface area (Å²) in [6.07, 6.45) is 0. The Bertz CT molecular complexity index is 804. The SMILES string of the molecule is COc1cccc(-c2cc3nc(C)cc(=S)n3[nH]2)c1. The maximum atomic E-state index is 5.32. The minimum Gasteiger partial charge on any atom is -0.497 e. The molecule has 0 fully saturated rings. The number of fused-ring (bicyclic) bond motifs is 1. The Hall–Kier alpha value is -2.14. The molecule has 0 saturated heterocycles. The van der Waals surface area contributed by atoms with Crippen molar-refractivity contribution in [2.75, 3.05) is 7.11 Å². The van der Waals surface area contributed by atoms with Crippen LogP contribution in [0.3, 0.4) is 0 Å². The summed E-state index contributed by atoms with van der Waals surface area (Å²) in [5.74, 6) is 0.823. The van der Waals surface area contributed by atoms with Crippen LogP contribution in [0.5, 0.6) is 5.75 Å². The second-order valence-corrected chi connectivity index (χ2v) is 4.75. The van der Waals surface area contributed by atoms with E-state index in [9.17, 15) is 0 Å². The lowest BCUT2D eigenvalue weighted by atomic mass is 10.1. The van der Waals surface area contributed by atoms with Gasteiger partial charge in [-0.25, -0.2) is 9.50 Å². The molecule has 0 radical (unpaired) electrons. The Balaban J connectivity index is 2.20. The molecule has 0 aliphatic rings. The van der Waals surface area contributed by atoms with Gasteiger partial charge < -0.3 is 4.74 Å². The van der Waals surface area contributed by atoms with Gasteiger partial charge in [-0.3, -0.25) is 5.10 Å². The molecule has 1 aromatic carbocycles. The van der Waals surface area contributed by atoms with Crippen molar-refractivity contribution < 1.29 is 4.74 Å². The van der Waals surface area contributed by atoms with Crippen molar-refractivity contribution in [1.82, 2.24) is 14.6 Å². The number of hydrogen-bond donors (Lipinski definition) is 1. The third kappa shape index (κ3) is 2.13. The molecule has 4 nitrogen and oxygen atoms in total. The van der Waals surface area contributed by atoms with E-state index < -0.39 is 0 Å². The number of H-pyrrole nitrogens is 1. The second-order valence-electron chi connectivity index (χ2n) is 4.33. The van der Waals surface area contributed by atoms with Gasteiger partial charge in [0.15, 0.2) is 5.65 Å². The van der Waals surface area contributed by atoms with E-state index in [2.05, 4.69) is 10.1 Å². The standard InChI is InChI=1S/C14H13N3OS/c1-9-6-14(19)17-13(15-9)8-12(16-17)10-4-3-5-11(7-10)18-2/h3-8,16H,1-2H3. The van der Waals surface area contributed by atoms with Crippen molar-refractivity contribution >= 4 is 17.9 Å². The summed E-state index contributed by atoms with van der Waals surface area (Å²) in [6.45, 7) is 1.94. The lowest BCUT2D eigenvalue weighted by Gasteiger charge is -2.01. The fourth-order valence-electron chi connectivity index (χ4n) is 2.05. The minimum atomic E-state index is 0.719. The summed E-state index contributed by atoms with van der Waals surface area (Å²) in [7, 11) is 1.66. The number of methoxy groups -OCH3 is 1. The molecular weight excluding hydrogens is 258 g/mol. The van der Waals surface area contributed by atoms with Gasteiger partial charge in [0, 0.05) is 17.3 Å². The van der Waals surface area contributed by atoms with E-state index in [0.29, 0.717) is 0 Å². The number of benzene rings is 1. The summed E-state index contributed by atoms with van der Waals surface area (Å²) < 4.78 is 7.76. The van der Waals surface area contributed by atoms with E-state index in [0.717, 1.165) is 33.0 Å². The molecular formula is C14H13N3OS. The normalized spacial score (nSPS) is 10.8. The van der Waals surface area contributed by atoms with Crippen LogP contribution in [-0.4, -0.2) is 21.7 Å². The van der Waals surface area contributed by atoms with Crippen molar-refractivity contribution in [3.63, 3.8) is 0 Å². The molecule has 96 valence electrons. The van der Waals surface area contributed by atoms with Gasteiger partial charge in [0.25, 0.3) is 0 Å². The first-order chi connectivity index (χ1) is 9.17. The van der Waals surface area contributed by atoms with Gasteiger partial charge in [0.1, 0.15) is 10.4 Å². The average Bonchev–Trinajstić information content (AvgIpc) is 2.83. The third-order valence-corrected chi connectivity index (χ3v) is 3.26. The number of nitrogens with zero attached hydrogens (tertiary/aromatic N) is 2. The smallest absolute Gasteiger partial charge is 0.155 e. The van der Waals surface area contributed by atoms with E-state index in [1.165, 1.54) is 0 Å². The molecule has 0 bridgehead atoms. The van der Waals surface area contributed by atoms with E-state index in [1.54, 1.807) is 11.6 Å². The molecule has 0 saturated carbocycles. The van der Waals surface area contributed by atoms with Gasteiger partial charge in [0.05, 0.1) is 12.8 Å². The maximum absolute atomic E-state index is 5.32. The Kier molecular flexibility index (Phi) is 2.83. The molecule has 2 heterocycles. The Morgan fingerprint density at radius 2 is 2.11 bits per heavy atom. The van der Waals surface area contributed by atoms with Crippen molar-refractivity contribution in [3.05, 3.63) is 46.7 Å².